The summed E-state index contributed by atoms with van der Waals surface area (Å²) in [6.07, 6.45) is 6.58. The molecule has 0 aliphatic heterocycles. The van der Waals surface area contributed by atoms with E-state index < -0.39 is 10.3 Å². The number of nitro benzene ring substituents is 1. The molecule has 1 heterocycles. The molecule has 9 heteroatoms. The largest absolute Gasteiger partial charge is 0.480 e. The van der Waals surface area contributed by atoms with Gasteiger partial charge in [-0.2, -0.15) is 9.78 Å². The summed E-state index contributed by atoms with van der Waals surface area (Å²) < 4.78 is 7.41. The van der Waals surface area contributed by atoms with Gasteiger partial charge in [-0.1, -0.05) is 42.6 Å². The summed E-state index contributed by atoms with van der Waals surface area (Å²) in [5.74, 6) is 3.11. The van der Waals surface area contributed by atoms with Gasteiger partial charge in [0.15, 0.2) is 0 Å². The van der Waals surface area contributed by atoms with Crippen molar-refractivity contribution in [1.29, 1.82) is 0 Å². The van der Waals surface area contributed by atoms with Crippen LogP contribution in [0.4, 0.5) is 5.69 Å². The minimum absolute atomic E-state index is 0.0165. The third-order valence-corrected chi connectivity index (χ3v) is 4.80. The third kappa shape index (κ3) is 4.81. The first-order valence-electron chi connectivity index (χ1n) is 9.23. The molecule has 0 spiro atoms. The molecule has 0 saturated carbocycles. The van der Waals surface area contributed by atoms with Gasteiger partial charge in [0.25, 0.3) is 11.2 Å². The van der Waals surface area contributed by atoms with Crippen LogP contribution in [0.5, 0.6) is 5.75 Å². The van der Waals surface area contributed by atoms with E-state index in [4.69, 9.17) is 11.2 Å². The maximum atomic E-state index is 13.2. The summed E-state index contributed by atoms with van der Waals surface area (Å²) in [5.41, 5.74) is -0.130. The minimum atomic E-state index is -0.524. The zero-order chi connectivity index (χ0) is 22.8. The average Bonchev–Trinajstić information content (AvgIpc) is 2.71. The lowest BCUT2D eigenvalue weighted by atomic mass is 9.95. The Bertz CT molecular complexity index is 1300. The fourth-order valence-corrected chi connectivity index (χ4v) is 3.22. The van der Waals surface area contributed by atoms with Gasteiger partial charge in [-0.15, -0.1) is 6.42 Å². The van der Waals surface area contributed by atoms with E-state index in [2.05, 4.69) is 31.9 Å². The summed E-state index contributed by atoms with van der Waals surface area (Å²) in [4.78, 5) is 28.5. The molecule has 1 aromatic heterocycles. The van der Waals surface area contributed by atoms with Crippen molar-refractivity contribution >= 4 is 38.7 Å². The van der Waals surface area contributed by atoms with Gasteiger partial charge in [0, 0.05) is 27.6 Å². The Morgan fingerprint density at radius 3 is 2.71 bits per heavy atom. The maximum Gasteiger partial charge on any atom is 0.282 e. The van der Waals surface area contributed by atoms with E-state index in [0.29, 0.717) is 28.0 Å². The first kappa shape index (κ1) is 22.2. The Kier molecular flexibility index (Phi) is 6.22. The number of rotatable bonds is 5. The molecular weight excluding hydrogens is 464 g/mol. The number of hydrogen-bond acceptors (Lipinski definition) is 6. The summed E-state index contributed by atoms with van der Waals surface area (Å²) >= 11 is 3.37. The number of halogens is 1. The predicted octanol–water partition coefficient (Wildman–Crippen LogP) is 4.26. The van der Waals surface area contributed by atoms with Crippen LogP contribution in [0, 0.1) is 22.5 Å². The minimum Gasteiger partial charge on any atom is -0.480 e. The molecule has 0 radical (unpaired) electrons. The fourth-order valence-electron chi connectivity index (χ4n) is 2.86. The first-order valence-corrected chi connectivity index (χ1v) is 10.0. The topological polar surface area (TPSA) is 99.6 Å². The van der Waals surface area contributed by atoms with Crippen molar-refractivity contribution in [2.45, 2.75) is 26.2 Å². The number of non-ortho nitro benzene ring substituents is 1. The molecule has 0 atom stereocenters. The first-order chi connectivity index (χ1) is 14.6. The van der Waals surface area contributed by atoms with Crippen molar-refractivity contribution in [3.05, 3.63) is 72.7 Å². The Morgan fingerprint density at radius 2 is 2.06 bits per heavy atom. The van der Waals surface area contributed by atoms with Crippen LogP contribution in [-0.2, 0) is 5.41 Å². The monoisotopic (exact) mass is 482 g/mol. The van der Waals surface area contributed by atoms with Crippen molar-refractivity contribution in [3.63, 3.8) is 0 Å². The summed E-state index contributed by atoms with van der Waals surface area (Å²) in [6.45, 7) is 5.73. The molecule has 0 saturated heterocycles. The van der Waals surface area contributed by atoms with E-state index in [0.717, 1.165) is 4.47 Å². The van der Waals surface area contributed by atoms with E-state index >= 15 is 0 Å². The molecule has 8 nitrogen and oxygen atoms in total. The molecule has 2 aromatic carbocycles. The molecule has 0 amide bonds. The zero-order valence-corrected chi connectivity index (χ0v) is 18.7. The van der Waals surface area contributed by atoms with Crippen molar-refractivity contribution in [1.82, 2.24) is 9.66 Å². The van der Waals surface area contributed by atoms with Crippen LogP contribution in [0.1, 0.15) is 32.2 Å². The van der Waals surface area contributed by atoms with Crippen LogP contribution in [0.2, 0.25) is 0 Å². The molecule has 3 rings (SSSR count). The summed E-state index contributed by atoms with van der Waals surface area (Å²) in [5, 5.41) is 15.9. The van der Waals surface area contributed by atoms with E-state index in [1.807, 2.05) is 26.8 Å². The van der Waals surface area contributed by atoms with Gasteiger partial charge >= 0.3 is 0 Å². The third-order valence-electron chi connectivity index (χ3n) is 4.31. The number of fused-ring (bicyclic) bond motifs is 1. The quantitative estimate of drug-likeness (QED) is 0.234. The smallest absolute Gasteiger partial charge is 0.282 e. The average molecular weight is 483 g/mol. The standard InChI is InChI=1S/C22H19BrN4O4/c1-5-10-31-19-9-7-16(27(29)30)11-14(19)13-24-26-20(28)17-12-15(23)6-8-18(17)25-21(26)22(2,3)4/h1,6-9,11-13H,10H2,2-4H3. The molecule has 0 N–H and O–H groups in total. The molecule has 31 heavy (non-hydrogen) atoms. The van der Waals surface area contributed by atoms with Gasteiger partial charge in [-0.05, 0) is 24.3 Å². The highest BCUT2D eigenvalue weighted by Gasteiger charge is 2.23. The number of hydrogen-bond donors (Lipinski definition) is 0. The number of nitrogens with zero attached hydrogens (tertiary/aromatic N) is 4. The van der Waals surface area contributed by atoms with Crippen molar-refractivity contribution in [3.8, 4) is 18.1 Å². The number of nitro groups is 1. The molecule has 0 aliphatic rings. The predicted molar refractivity (Wildman–Crippen MR) is 123 cm³/mol. The van der Waals surface area contributed by atoms with E-state index in [-0.39, 0.29) is 17.9 Å². The van der Waals surface area contributed by atoms with E-state index in [1.54, 1.807) is 12.1 Å². The summed E-state index contributed by atoms with van der Waals surface area (Å²) in [7, 11) is 0. The van der Waals surface area contributed by atoms with Crippen molar-refractivity contribution < 1.29 is 9.66 Å². The second-order valence-corrected chi connectivity index (χ2v) is 8.60. The normalized spacial score (nSPS) is 11.6. The molecule has 3 aromatic rings. The van der Waals surface area contributed by atoms with Crippen LogP contribution in [-0.4, -0.2) is 27.4 Å². The zero-order valence-electron chi connectivity index (χ0n) is 17.1. The second-order valence-electron chi connectivity index (χ2n) is 7.68. The summed E-state index contributed by atoms with van der Waals surface area (Å²) in [6, 6.07) is 9.31. The molecule has 0 aliphatic carbocycles. The molecular formula is C22H19BrN4O4. The van der Waals surface area contributed by atoms with Crippen LogP contribution >= 0.6 is 15.9 Å². The van der Waals surface area contributed by atoms with Gasteiger partial charge in [0.05, 0.1) is 22.0 Å². The highest BCUT2D eigenvalue weighted by Crippen LogP contribution is 2.25. The Labute approximate surface area is 186 Å². The van der Waals surface area contributed by atoms with Crippen LogP contribution in [0.3, 0.4) is 0 Å². The fraction of sp³-hybridized carbons (Fsp3) is 0.227. The van der Waals surface area contributed by atoms with Crippen molar-refractivity contribution in [2.24, 2.45) is 5.10 Å². The lowest BCUT2D eigenvalue weighted by Gasteiger charge is -2.21. The van der Waals surface area contributed by atoms with Gasteiger partial charge in [0.1, 0.15) is 18.2 Å². The van der Waals surface area contributed by atoms with Crippen molar-refractivity contribution in [2.75, 3.05) is 6.61 Å². The lowest BCUT2D eigenvalue weighted by molar-refractivity contribution is -0.384. The van der Waals surface area contributed by atoms with E-state index in [1.165, 1.54) is 29.1 Å². The number of benzene rings is 2. The van der Waals surface area contributed by atoms with Gasteiger partial charge in [0.2, 0.25) is 0 Å². The molecule has 0 bridgehead atoms. The van der Waals surface area contributed by atoms with Gasteiger partial charge in [-0.3, -0.25) is 14.9 Å². The van der Waals surface area contributed by atoms with Gasteiger partial charge < -0.3 is 4.74 Å². The van der Waals surface area contributed by atoms with Crippen LogP contribution in [0.15, 0.2) is 50.8 Å². The number of ether oxygens (including phenoxy) is 1. The molecule has 158 valence electrons. The van der Waals surface area contributed by atoms with Gasteiger partial charge in [-0.25, -0.2) is 4.98 Å². The highest BCUT2D eigenvalue weighted by atomic mass is 79.9. The number of aromatic nitrogens is 2. The van der Waals surface area contributed by atoms with Crippen LogP contribution < -0.4 is 10.3 Å². The second kappa shape index (κ2) is 8.70. The maximum absolute atomic E-state index is 13.2. The Morgan fingerprint density at radius 1 is 1.32 bits per heavy atom. The lowest BCUT2D eigenvalue weighted by Crippen LogP contribution is -2.29. The Hall–Kier alpha value is -3.51. The SMILES string of the molecule is C#CCOc1ccc([N+](=O)[O-])cc1C=Nn1c(C(C)(C)C)nc2ccc(Br)cc2c1=O. The Balaban J connectivity index is 2.22. The van der Waals surface area contributed by atoms with E-state index in [9.17, 15) is 14.9 Å². The van der Waals surface area contributed by atoms with Crippen LogP contribution in [0.25, 0.3) is 10.9 Å². The number of terminal acetylenes is 1. The molecule has 0 unspecified atom stereocenters. The highest BCUT2D eigenvalue weighted by molar-refractivity contribution is 9.10. The molecule has 0 fully saturated rings.